The highest BCUT2D eigenvalue weighted by atomic mass is 32.2. The molecule has 0 spiro atoms. The van der Waals surface area contributed by atoms with Crippen LogP contribution >= 0.6 is 47.0 Å². The lowest BCUT2D eigenvalue weighted by Crippen LogP contribution is -2.21. The van der Waals surface area contributed by atoms with Crippen molar-refractivity contribution in [2.24, 2.45) is 10.2 Å². The molecule has 0 radical (unpaired) electrons. The maximum atomic E-state index is 13.3. The summed E-state index contributed by atoms with van der Waals surface area (Å²) in [5.41, 5.74) is 3.35. The Labute approximate surface area is 245 Å². The number of carbonyl (C=O) groups excluding carboxylic acids is 2. The summed E-state index contributed by atoms with van der Waals surface area (Å²) in [6.45, 7) is 3.55. The van der Waals surface area contributed by atoms with Gasteiger partial charge in [0.2, 0.25) is 0 Å². The molecule has 0 atom stereocenters. The summed E-state index contributed by atoms with van der Waals surface area (Å²) >= 11 is 4.98. The van der Waals surface area contributed by atoms with Crippen molar-refractivity contribution >= 4 is 81.7 Å². The van der Waals surface area contributed by atoms with Crippen LogP contribution in [-0.2, 0) is 9.59 Å². The van der Waals surface area contributed by atoms with Gasteiger partial charge in [0.25, 0.3) is 11.8 Å². The van der Waals surface area contributed by atoms with Crippen LogP contribution in [0.4, 0.5) is 11.4 Å². The number of carbonyl (C=O) groups is 2. The van der Waals surface area contributed by atoms with Crippen LogP contribution in [0.2, 0.25) is 0 Å². The van der Waals surface area contributed by atoms with Crippen molar-refractivity contribution in [2.45, 2.75) is 33.4 Å². The quantitative estimate of drug-likeness (QED) is 0.245. The summed E-state index contributed by atoms with van der Waals surface area (Å²) in [5, 5.41) is 34.3. The molecule has 0 saturated heterocycles. The number of anilines is 2. The van der Waals surface area contributed by atoms with Gasteiger partial charge in [0.1, 0.15) is 11.5 Å². The molecule has 40 heavy (non-hydrogen) atoms. The van der Waals surface area contributed by atoms with E-state index in [9.17, 15) is 19.8 Å². The van der Waals surface area contributed by atoms with Gasteiger partial charge in [-0.2, -0.15) is 20.2 Å². The largest absolute Gasteiger partial charge is 0.505 e. The third-order valence-electron chi connectivity index (χ3n) is 6.50. The molecule has 0 bridgehead atoms. The molecule has 3 aromatic rings. The number of phenolic OH excluding ortho intramolecular Hbond substituents is 2. The second kappa shape index (κ2) is 9.51. The normalized spacial score (nSPS) is 18.1. The fraction of sp³-hybridized carbons (Fsp3) is 0.0714. The highest BCUT2D eigenvalue weighted by Gasteiger charge is 2.41. The van der Waals surface area contributed by atoms with Gasteiger partial charge in [0.05, 0.1) is 62.0 Å². The number of rotatable bonds is 2. The molecular weight excluding hydrogens is 585 g/mol. The lowest BCUT2D eigenvalue weighted by atomic mass is 10.2. The van der Waals surface area contributed by atoms with Crippen LogP contribution in [0, 0.1) is 0 Å². The van der Waals surface area contributed by atoms with E-state index < -0.39 is 0 Å². The third kappa shape index (κ3) is 3.81. The number of hydrogen-bond acceptors (Lipinski definition) is 10. The minimum Gasteiger partial charge on any atom is -0.505 e. The van der Waals surface area contributed by atoms with Gasteiger partial charge in [0, 0.05) is 0 Å². The first kappa shape index (κ1) is 25.4. The van der Waals surface area contributed by atoms with E-state index in [2.05, 4.69) is 10.2 Å². The SMILES string of the molecule is CC1=NN(c2ccccc2)C(=O)C1=C1Sc2c(O)c3c(c(O)c2S1)SC(=C1C(=O)N(c2ccccc2)N=C1C)S3. The molecule has 3 aromatic carbocycles. The van der Waals surface area contributed by atoms with E-state index in [1.54, 1.807) is 13.8 Å². The molecule has 4 aliphatic heterocycles. The summed E-state index contributed by atoms with van der Waals surface area (Å²) in [6.07, 6.45) is 0. The molecule has 12 heteroatoms. The highest BCUT2D eigenvalue weighted by molar-refractivity contribution is 8.26. The number of benzene rings is 3. The number of para-hydroxylation sites is 2. The van der Waals surface area contributed by atoms with Crippen molar-refractivity contribution in [3.63, 3.8) is 0 Å². The maximum absolute atomic E-state index is 13.3. The highest BCUT2D eigenvalue weighted by Crippen LogP contribution is 2.68. The number of aromatic hydroxyl groups is 2. The van der Waals surface area contributed by atoms with Crippen molar-refractivity contribution in [3.05, 3.63) is 80.3 Å². The average molecular weight is 603 g/mol. The molecule has 0 saturated carbocycles. The molecule has 0 aliphatic carbocycles. The predicted octanol–water partition coefficient (Wildman–Crippen LogP) is 6.76. The molecule has 2 N–H and O–H groups in total. The number of amides is 2. The zero-order chi connectivity index (χ0) is 27.7. The Morgan fingerprint density at radius 2 is 0.900 bits per heavy atom. The van der Waals surface area contributed by atoms with Gasteiger partial charge >= 0.3 is 0 Å². The first-order valence-electron chi connectivity index (χ1n) is 12.1. The number of phenols is 2. The average Bonchev–Trinajstić information content (AvgIpc) is 3.72. The van der Waals surface area contributed by atoms with Crippen molar-refractivity contribution in [1.29, 1.82) is 0 Å². The Kier molecular flexibility index (Phi) is 6.04. The molecule has 198 valence electrons. The molecule has 2 amide bonds. The summed E-state index contributed by atoms with van der Waals surface area (Å²) in [5.74, 6) is -0.481. The number of hydrazone groups is 2. The third-order valence-corrected chi connectivity index (χ3v) is 11.7. The number of hydrogen-bond donors (Lipinski definition) is 2. The van der Waals surface area contributed by atoms with Gasteiger partial charge in [-0.1, -0.05) is 83.4 Å². The molecule has 8 nitrogen and oxygen atoms in total. The molecular formula is C28H18N4O4S4. The van der Waals surface area contributed by atoms with Gasteiger partial charge in [-0.3, -0.25) is 9.59 Å². The zero-order valence-electron chi connectivity index (χ0n) is 20.9. The van der Waals surface area contributed by atoms with Crippen LogP contribution in [0.3, 0.4) is 0 Å². The smallest absolute Gasteiger partial charge is 0.282 e. The van der Waals surface area contributed by atoms with Gasteiger partial charge < -0.3 is 10.2 Å². The second-order valence-electron chi connectivity index (χ2n) is 9.02. The minimum atomic E-state index is -0.258. The number of fused-ring (bicyclic) bond motifs is 2. The topological polar surface area (TPSA) is 106 Å². The number of nitrogens with zero attached hydrogens (tertiary/aromatic N) is 4. The maximum Gasteiger partial charge on any atom is 0.282 e. The van der Waals surface area contributed by atoms with Crippen LogP contribution < -0.4 is 10.0 Å². The van der Waals surface area contributed by atoms with Gasteiger partial charge in [-0.05, 0) is 38.1 Å². The summed E-state index contributed by atoms with van der Waals surface area (Å²) in [4.78, 5) is 28.6. The van der Waals surface area contributed by atoms with Crippen molar-refractivity contribution in [3.8, 4) is 11.5 Å². The van der Waals surface area contributed by atoms with Crippen molar-refractivity contribution in [2.75, 3.05) is 10.0 Å². The van der Waals surface area contributed by atoms with Gasteiger partial charge in [-0.15, -0.1) is 0 Å². The predicted molar refractivity (Wildman–Crippen MR) is 161 cm³/mol. The molecule has 0 aromatic heterocycles. The van der Waals surface area contributed by atoms with Crippen LogP contribution in [0.25, 0.3) is 0 Å². The van der Waals surface area contributed by atoms with E-state index in [1.807, 2.05) is 60.7 Å². The van der Waals surface area contributed by atoms with E-state index in [0.717, 1.165) is 0 Å². The molecule has 4 aliphatic rings. The van der Waals surface area contributed by atoms with Crippen molar-refractivity contribution < 1.29 is 19.8 Å². The van der Waals surface area contributed by atoms with E-state index in [0.29, 0.717) is 62.0 Å². The van der Waals surface area contributed by atoms with Crippen LogP contribution in [0.5, 0.6) is 11.5 Å². The number of thioether (sulfide) groups is 4. The van der Waals surface area contributed by atoms with Crippen LogP contribution in [0.15, 0.2) is 110 Å². The Morgan fingerprint density at radius 3 is 1.23 bits per heavy atom. The monoisotopic (exact) mass is 602 g/mol. The minimum absolute atomic E-state index is 0.0175. The first-order chi connectivity index (χ1) is 19.3. The fourth-order valence-corrected chi connectivity index (χ4v) is 10.2. The summed E-state index contributed by atoms with van der Waals surface area (Å²) in [6, 6.07) is 18.4. The van der Waals surface area contributed by atoms with Gasteiger partial charge in [0.15, 0.2) is 0 Å². The second-order valence-corrected chi connectivity index (χ2v) is 13.6. The lowest BCUT2D eigenvalue weighted by Gasteiger charge is -2.11. The summed E-state index contributed by atoms with van der Waals surface area (Å²) in [7, 11) is 0. The molecule has 0 fully saturated rings. The van der Waals surface area contributed by atoms with E-state index in [-0.39, 0.29) is 23.3 Å². The Hall–Kier alpha value is -3.58. The molecule has 4 heterocycles. The first-order valence-corrected chi connectivity index (χ1v) is 15.3. The summed E-state index contributed by atoms with van der Waals surface area (Å²) < 4.78 is 1.30. The van der Waals surface area contributed by atoms with Crippen LogP contribution in [0.1, 0.15) is 13.8 Å². The fourth-order valence-electron chi connectivity index (χ4n) is 4.60. The Morgan fingerprint density at radius 1 is 0.575 bits per heavy atom. The van der Waals surface area contributed by atoms with Crippen molar-refractivity contribution in [1.82, 2.24) is 0 Å². The van der Waals surface area contributed by atoms with Crippen LogP contribution in [-0.4, -0.2) is 33.5 Å². The standard InChI is InChI=1S/C28H18N4O4S4/c1-13-17(25(35)31(29-13)15-9-5-3-6-10-15)27-37-21-19(33)23-24(20(34)22(21)38-27)40-28(39-23)18-14(2)30-32(26(18)36)16-11-7-4-8-12-16/h3-12,33-34H,1-2H3. The lowest BCUT2D eigenvalue weighted by molar-refractivity contribution is -0.115. The molecule has 7 rings (SSSR count). The van der Waals surface area contributed by atoms with E-state index in [4.69, 9.17) is 0 Å². The van der Waals surface area contributed by atoms with Gasteiger partial charge in [-0.25, -0.2) is 0 Å². The Balaban J connectivity index is 1.22. The van der Waals surface area contributed by atoms with E-state index in [1.165, 1.54) is 57.1 Å². The van der Waals surface area contributed by atoms with E-state index >= 15 is 0 Å². The zero-order valence-corrected chi connectivity index (χ0v) is 24.2. The molecule has 0 unspecified atom stereocenters. The Bertz CT molecular complexity index is 1610.